The number of nitrogens with zero attached hydrogens (tertiary/aromatic N) is 3. The van der Waals surface area contributed by atoms with Crippen molar-refractivity contribution in [3.05, 3.63) is 0 Å². The van der Waals surface area contributed by atoms with Crippen molar-refractivity contribution in [2.24, 2.45) is 0 Å². The van der Waals surface area contributed by atoms with E-state index in [9.17, 15) is 0 Å². The van der Waals surface area contributed by atoms with Crippen LogP contribution >= 0.6 is 0 Å². The SMILES string of the molecule is CC#N.CC#N.CC#N.O=S(=O)([O-])[O-].[Cu+].[Cu+]. The molecule has 0 rings (SSSR count). The first-order chi connectivity index (χ1) is 6.24. The molecular formula is C6H9Cu2N3O4S. The predicted octanol–water partition coefficient (Wildman–Crippen LogP) is 0.247. The van der Waals surface area contributed by atoms with Gasteiger partial charge in [-0.25, -0.2) is 0 Å². The number of hydrogen-bond acceptors (Lipinski definition) is 7. The van der Waals surface area contributed by atoms with Crippen LogP contribution in [-0.4, -0.2) is 17.5 Å². The number of rotatable bonds is 0. The largest absolute Gasteiger partial charge is 1.00 e. The Hall–Kier alpha value is -0.621. The van der Waals surface area contributed by atoms with Gasteiger partial charge in [0, 0.05) is 31.2 Å². The van der Waals surface area contributed by atoms with Gasteiger partial charge < -0.3 is 9.11 Å². The van der Waals surface area contributed by atoms with Gasteiger partial charge in [-0.3, -0.25) is 8.42 Å². The molecule has 0 atom stereocenters. The maximum Gasteiger partial charge on any atom is 1.00 e. The van der Waals surface area contributed by atoms with Crippen LogP contribution in [0.25, 0.3) is 0 Å². The zero-order valence-electron chi connectivity index (χ0n) is 8.49. The van der Waals surface area contributed by atoms with Crippen LogP contribution in [0.4, 0.5) is 0 Å². The smallest absolute Gasteiger partial charge is 0.759 e. The minimum Gasteiger partial charge on any atom is -0.759 e. The average molecular weight is 346 g/mol. The zero-order valence-corrected chi connectivity index (χ0v) is 11.2. The molecule has 0 bridgehead atoms. The van der Waals surface area contributed by atoms with Gasteiger partial charge in [0.2, 0.25) is 0 Å². The molecule has 0 amide bonds. The van der Waals surface area contributed by atoms with Crippen molar-refractivity contribution in [2.45, 2.75) is 20.8 Å². The fourth-order valence-electron chi connectivity index (χ4n) is 0. The van der Waals surface area contributed by atoms with E-state index in [1.165, 1.54) is 20.8 Å². The van der Waals surface area contributed by atoms with E-state index >= 15 is 0 Å². The monoisotopic (exact) mass is 345 g/mol. The van der Waals surface area contributed by atoms with Crippen LogP contribution in [0.15, 0.2) is 0 Å². The van der Waals surface area contributed by atoms with Crippen molar-refractivity contribution < 1.29 is 51.7 Å². The maximum absolute atomic E-state index is 8.52. The van der Waals surface area contributed by atoms with E-state index in [2.05, 4.69) is 0 Å². The van der Waals surface area contributed by atoms with Crippen LogP contribution in [-0.2, 0) is 44.5 Å². The Kier molecular flexibility index (Phi) is 82.8. The molecule has 0 aliphatic rings. The van der Waals surface area contributed by atoms with Gasteiger partial charge >= 0.3 is 34.1 Å². The molecule has 100 valence electrons. The number of nitriles is 3. The molecule has 0 aromatic heterocycles. The van der Waals surface area contributed by atoms with E-state index in [4.69, 9.17) is 33.3 Å². The molecule has 0 saturated heterocycles. The Morgan fingerprint density at radius 1 is 0.812 bits per heavy atom. The van der Waals surface area contributed by atoms with Crippen LogP contribution in [0, 0.1) is 34.0 Å². The first-order valence-corrected chi connectivity index (χ1v) is 4.17. The molecule has 10 heteroatoms. The van der Waals surface area contributed by atoms with E-state index in [0.29, 0.717) is 0 Å². The Morgan fingerprint density at radius 3 is 0.812 bits per heavy atom. The minimum atomic E-state index is -5.17. The van der Waals surface area contributed by atoms with Crippen molar-refractivity contribution in [1.29, 1.82) is 15.8 Å². The Labute approximate surface area is 117 Å². The summed E-state index contributed by atoms with van der Waals surface area (Å²) in [6, 6.07) is 5.25. The van der Waals surface area contributed by atoms with Gasteiger partial charge in [0.25, 0.3) is 0 Å². The first kappa shape index (κ1) is 36.1. The molecule has 0 fully saturated rings. The van der Waals surface area contributed by atoms with Crippen molar-refractivity contribution in [3.8, 4) is 18.2 Å². The van der Waals surface area contributed by atoms with Crippen LogP contribution < -0.4 is 0 Å². The Bertz CT molecular complexity index is 276. The summed E-state index contributed by atoms with van der Waals surface area (Å²) in [5, 5.41) is 22.0. The molecular weight excluding hydrogens is 337 g/mol. The van der Waals surface area contributed by atoms with Gasteiger partial charge in [0.15, 0.2) is 0 Å². The predicted molar refractivity (Wildman–Crippen MR) is 44.3 cm³/mol. The molecule has 0 aliphatic carbocycles. The van der Waals surface area contributed by atoms with E-state index in [-0.39, 0.29) is 34.1 Å². The second-order valence-corrected chi connectivity index (χ2v) is 1.90. The molecule has 0 radical (unpaired) electrons. The number of hydrogen-bond donors (Lipinski definition) is 0. The Morgan fingerprint density at radius 2 is 0.812 bits per heavy atom. The summed E-state index contributed by atoms with van der Waals surface area (Å²) in [6.07, 6.45) is 0. The van der Waals surface area contributed by atoms with E-state index in [1.54, 1.807) is 18.2 Å². The topological polar surface area (TPSA) is 152 Å². The fraction of sp³-hybridized carbons (Fsp3) is 0.500. The first-order valence-electron chi connectivity index (χ1n) is 2.84. The molecule has 7 nitrogen and oxygen atoms in total. The van der Waals surface area contributed by atoms with Gasteiger partial charge in [0.05, 0.1) is 18.2 Å². The third-order valence-electron chi connectivity index (χ3n) is 0. The third kappa shape index (κ3) is 5320. The van der Waals surface area contributed by atoms with Crippen LogP contribution in [0.5, 0.6) is 0 Å². The average Bonchev–Trinajstić information content (AvgIpc) is 1.86. The normalized spacial score (nSPS) is 5.12. The van der Waals surface area contributed by atoms with Crippen molar-refractivity contribution in [1.82, 2.24) is 0 Å². The molecule has 16 heavy (non-hydrogen) atoms. The second kappa shape index (κ2) is 36.7. The van der Waals surface area contributed by atoms with Gasteiger partial charge in [-0.05, 0) is 0 Å². The van der Waals surface area contributed by atoms with Gasteiger partial charge in [-0.1, -0.05) is 0 Å². The maximum atomic E-state index is 8.52. The molecule has 0 unspecified atom stereocenters. The summed E-state index contributed by atoms with van der Waals surface area (Å²) >= 11 is 0. The van der Waals surface area contributed by atoms with Crippen LogP contribution in [0.3, 0.4) is 0 Å². The molecule has 0 heterocycles. The van der Waals surface area contributed by atoms with E-state index < -0.39 is 10.4 Å². The summed E-state index contributed by atoms with van der Waals surface area (Å²) in [4.78, 5) is 0. The minimum absolute atomic E-state index is 0. The summed E-state index contributed by atoms with van der Waals surface area (Å²) < 4.78 is 34.1. The van der Waals surface area contributed by atoms with Crippen molar-refractivity contribution >= 4 is 10.4 Å². The molecule has 0 N–H and O–H groups in total. The molecule has 0 saturated carbocycles. The zero-order chi connectivity index (χ0) is 12.6. The third-order valence-corrected chi connectivity index (χ3v) is 0. The van der Waals surface area contributed by atoms with Crippen molar-refractivity contribution in [3.63, 3.8) is 0 Å². The van der Waals surface area contributed by atoms with Crippen LogP contribution in [0.2, 0.25) is 0 Å². The molecule has 0 aliphatic heterocycles. The molecule has 0 aromatic carbocycles. The van der Waals surface area contributed by atoms with Gasteiger partial charge in [-0.2, -0.15) is 15.8 Å². The van der Waals surface area contributed by atoms with Gasteiger partial charge in [0.1, 0.15) is 0 Å². The fourth-order valence-corrected chi connectivity index (χ4v) is 0. The molecule has 0 spiro atoms. The molecule has 0 aromatic rings. The van der Waals surface area contributed by atoms with E-state index in [0.717, 1.165) is 0 Å². The standard InChI is InChI=1S/3C2H3N.2Cu.H2O4S/c3*1-2-3;;;1-5(2,3)4/h3*1H3;;;(H2,1,2,3,4)/q;;;2*+1;/p-2. The summed E-state index contributed by atoms with van der Waals surface area (Å²) in [5.74, 6) is 0. The van der Waals surface area contributed by atoms with Gasteiger partial charge in [-0.15, -0.1) is 0 Å². The quantitative estimate of drug-likeness (QED) is 0.346. The second-order valence-electron chi connectivity index (χ2n) is 1.08. The van der Waals surface area contributed by atoms with Crippen LogP contribution in [0.1, 0.15) is 20.8 Å². The summed E-state index contributed by atoms with van der Waals surface area (Å²) in [7, 11) is -5.17. The summed E-state index contributed by atoms with van der Waals surface area (Å²) in [5.41, 5.74) is 0. The Balaban J connectivity index is -0.0000000206. The van der Waals surface area contributed by atoms with E-state index in [1.807, 2.05) is 0 Å². The van der Waals surface area contributed by atoms with Crippen molar-refractivity contribution in [2.75, 3.05) is 0 Å². The summed E-state index contributed by atoms with van der Waals surface area (Å²) in [6.45, 7) is 4.29.